The highest BCUT2D eigenvalue weighted by molar-refractivity contribution is 6.34. The lowest BCUT2D eigenvalue weighted by molar-refractivity contribution is 0.921. The summed E-state index contributed by atoms with van der Waals surface area (Å²) in [6.45, 7) is 0. The number of aromatic nitrogens is 2. The third-order valence-electron chi connectivity index (χ3n) is 2.96. The molecule has 0 unspecified atom stereocenters. The molecule has 2 aromatic heterocycles. The number of pyridine rings is 1. The summed E-state index contributed by atoms with van der Waals surface area (Å²) in [5.74, 6) is 0. The Labute approximate surface area is 93.1 Å². The van der Waals surface area contributed by atoms with Crippen LogP contribution in [0.1, 0.15) is 12.8 Å². The Bertz CT molecular complexity index is 502. The van der Waals surface area contributed by atoms with Crippen molar-refractivity contribution in [1.82, 2.24) is 9.97 Å². The molecule has 2 aromatic rings. The number of nitrogens with zero attached hydrogens (tertiary/aromatic N) is 2. The normalized spacial score (nSPS) is 15.9. The topological polar surface area (TPSA) is 31.9 Å². The number of H-pyrrole nitrogens is 1. The number of fused-ring (bicyclic) bond motifs is 1. The molecule has 78 valence electrons. The van der Waals surface area contributed by atoms with Gasteiger partial charge in [0.05, 0.1) is 16.9 Å². The van der Waals surface area contributed by atoms with E-state index in [4.69, 9.17) is 11.6 Å². The average molecular weight is 222 g/mol. The molecule has 1 fully saturated rings. The zero-order valence-corrected chi connectivity index (χ0v) is 9.25. The summed E-state index contributed by atoms with van der Waals surface area (Å²) in [4.78, 5) is 9.62. The van der Waals surface area contributed by atoms with Crippen LogP contribution in [-0.2, 0) is 0 Å². The third kappa shape index (κ3) is 1.38. The summed E-state index contributed by atoms with van der Waals surface area (Å²) in [6, 6.07) is 2.69. The van der Waals surface area contributed by atoms with E-state index in [1.165, 1.54) is 12.8 Å². The van der Waals surface area contributed by atoms with Crippen LogP contribution in [0, 0.1) is 0 Å². The Morgan fingerprint density at radius 2 is 2.33 bits per heavy atom. The second-order valence-electron chi connectivity index (χ2n) is 4.04. The number of anilines is 1. The van der Waals surface area contributed by atoms with Gasteiger partial charge in [-0.15, -0.1) is 0 Å². The molecule has 2 heterocycles. The van der Waals surface area contributed by atoms with Gasteiger partial charge in [-0.3, -0.25) is 0 Å². The van der Waals surface area contributed by atoms with Gasteiger partial charge in [-0.2, -0.15) is 0 Å². The van der Waals surface area contributed by atoms with Crippen LogP contribution >= 0.6 is 11.6 Å². The molecule has 0 aromatic carbocycles. The molecular formula is C11H12ClN3. The Morgan fingerprint density at radius 1 is 1.53 bits per heavy atom. The zero-order chi connectivity index (χ0) is 10.4. The minimum Gasteiger partial charge on any atom is -0.370 e. The maximum absolute atomic E-state index is 6.21. The van der Waals surface area contributed by atoms with Gasteiger partial charge in [0.2, 0.25) is 0 Å². The smallest absolute Gasteiger partial charge is 0.139 e. The van der Waals surface area contributed by atoms with E-state index in [9.17, 15) is 0 Å². The highest BCUT2D eigenvalue weighted by atomic mass is 35.5. The van der Waals surface area contributed by atoms with Crippen molar-refractivity contribution in [3.8, 4) is 0 Å². The number of halogens is 1. The van der Waals surface area contributed by atoms with Crippen molar-refractivity contribution in [2.45, 2.75) is 18.9 Å². The van der Waals surface area contributed by atoms with Gasteiger partial charge < -0.3 is 9.88 Å². The van der Waals surface area contributed by atoms with Gasteiger partial charge in [0.1, 0.15) is 5.65 Å². The summed E-state index contributed by atoms with van der Waals surface area (Å²) in [5.41, 5.74) is 2.01. The third-order valence-corrected chi connectivity index (χ3v) is 3.24. The monoisotopic (exact) mass is 221 g/mol. The Morgan fingerprint density at radius 3 is 3.07 bits per heavy atom. The van der Waals surface area contributed by atoms with Gasteiger partial charge in [0.15, 0.2) is 0 Å². The van der Waals surface area contributed by atoms with Crippen LogP contribution in [0.5, 0.6) is 0 Å². The number of nitrogens with one attached hydrogen (secondary N) is 1. The summed E-state index contributed by atoms with van der Waals surface area (Å²) in [5, 5.41) is 1.84. The van der Waals surface area contributed by atoms with E-state index in [0.717, 1.165) is 21.7 Å². The van der Waals surface area contributed by atoms with Gasteiger partial charge in [-0.1, -0.05) is 11.6 Å². The van der Waals surface area contributed by atoms with Crippen LogP contribution in [0.4, 0.5) is 5.69 Å². The fourth-order valence-electron chi connectivity index (χ4n) is 1.97. The molecule has 0 aliphatic heterocycles. The van der Waals surface area contributed by atoms with Crippen molar-refractivity contribution >= 4 is 28.3 Å². The molecule has 1 saturated carbocycles. The van der Waals surface area contributed by atoms with Crippen molar-refractivity contribution in [2.75, 3.05) is 11.9 Å². The van der Waals surface area contributed by atoms with Gasteiger partial charge in [0.25, 0.3) is 0 Å². The first-order chi connectivity index (χ1) is 7.27. The van der Waals surface area contributed by atoms with Crippen molar-refractivity contribution < 1.29 is 0 Å². The fraction of sp³-hybridized carbons (Fsp3) is 0.364. The summed E-state index contributed by atoms with van der Waals surface area (Å²) >= 11 is 6.21. The second kappa shape index (κ2) is 3.14. The molecule has 1 aliphatic carbocycles. The van der Waals surface area contributed by atoms with Crippen LogP contribution in [0.2, 0.25) is 5.02 Å². The Balaban J connectivity index is 2.20. The van der Waals surface area contributed by atoms with Crippen LogP contribution in [0.15, 0.2) is 18.5 Å². The van der Waals surface area contributed by atoms with Crippen LogP contribution in [-0.4, -0.2) is 23.1 Å². The first-order valence-corrected chi connectivity index (χ1v) is 5.49. The minimum atomic E-state index is 0.656. The molecule has 3 nitrogen and oxygen atoms in total. The largest absolute Gasteiger partial charge is 0.370 e. The van der Waals surface area contributed by atoms with Crippen LogP contribution in [0.25, 0.3) is 11.0 Å². The predicted octanol–water partition coefficient (Wildman–Crippen LogP) is 2.81. The van der Waals surface area contributed by atoms with Crippen LogP contribution < -0.4 is 4.90 Å². The van der Waals surface area contributed by atoms with Crippen molar-refractivity contribution in [3.05, 3.63) is 23.5 Å². The Kier molecular flexibility index (Phi) is 1.89. The number of aromatic amines is 1. The molecule has 3 rings (SSSR count). The number of rotatable bonds is 2. The zero-order valence-electron chi connectivity index (χ0n) is 8.50. The Hall–Kier alpha value is -1.22. The van der Waals surface area contributed by atoms with E-state index in [1.54, 1.807) is 6.20 Å². The lowest BCUT2D eigenvalue weighted by atomic mass is 10.2. The molecule has 1 aliphatic rings. The summed E-state index contributed by atoms with van der Waals surface area (Å²) in [7, 11) is 2.10. The molecule has 0 amide bonds. The fourth-order valence-corrected chi connectivity index (χ4v) is 2.26. The predicted molar refractivity (Wildman–Crippen MR) is 62.5 cm³/mol. The summed E-state index contributed by atoms with van der Waals surface area (Å²) < 4.78 is 0. The number of hydrogen-bond donors (Lipinski definition) is 1. The van der Waals surface area contributed by atoms with E-state index in [0.29, 0.717) is 6.04 Å². The van der Waals surface area contributed by atoms with Gasteiger partial charge in [-0.25, -0.2) is 4.98 Å². The van der Waals surface area contributed by atoms with E-state index in [1.807, 2.05) is 12.3 Å². The lowest BCUT2D eigenvalue weighted by Gasteiger charge is -2.20. The molecule has 15 heavy (non-hydrogen) atoms. The molecule has 0 spiro atoms. The van der Waals surface area contributed by atoms with E-state index in [2.05, 4.69) is 21.9 Å². The van der Waals surface area contributed by atoms with Gasteiger partial charge in [0, 0.05) is 24.7 Å². The molecule has 0 atom stereocenters. The van der Waals surface area contributed by atoms with E-state index < -0.39 is 0 Å². The molecule has 4 heteroatoms. The highest BCUT2D eigenvalue weighted by Crippen LogP contribution is 2.38. The lowest BCUT2D eigenvalue weighted by Crippen LogP contribution is -2.20. The highest BCUT2D eigenvalue weighted by Gasteiger charge is 2.28. The molecule has 0 bridgehead atoms. The second-order valence-corrected chi connectivity index (χ2v) is 4.44. The molecule has 0 radical (unpaired) electrons. The van der Waals surface area contributed by atoms with Gasteiger partial charge >= 0.3 is 0 Å². The molecule has 1 N–H and O–H groups in total. The first kappa shape index (κ1) is 9.04. The average Bonchev–Trinajstić information content (AvgIpc) is 2.97. The van der Waals surface area contributed by atoms with Crippen molar-refractivity contribution in [2.24, 2.45) is 0 Å². The van der Waals surface area contributed by atoms with Gasteiger partial charge in [-0.05, 0) is 18.9 Å². The maximum Gasteiger partial charge on any atom is 0.139 e. The van der Waals surface area contributed by atoms with Crippen LogP contribution in [0.3, 0.4) is 0 Å². The molecule has 0 saturated heterocycles. The van der Waals surface area contributed by atoms with E-state index in [-0.39, 0.29) is 0 Å². The minimum absolute atomic E-state index is 0.656. The maximum atomic E-state index is 6.21. The molecular weight excluding hydrogens is 210 g/mol. The quantitative estimate of drug-likeness (QED) is 0.846. The first-order valence-electron chi connectivity index (χ1n) is 5.12. The van der Waals surface area contributed by atoms with Crippen molar-refractivity contribution in [3.63, 3.8) is 0 Å². The standard InChI is InChI=1S/C11H12ClN3/c1-15(7-2-3-7)10-8-4-5-13-11(8)14-6-9(10)12/h4-7H,2-3H2,1H3,(H,13,14). The number of hydrogen-bond acceptors (Lipinski definition) is 2. The SMILES string of the molecule is CN(c1c(Cl)cnc2[nH]ccc12)C1CC1. The van der Waals surface area contributed by atoms with E-state index >= 15 is 0 Å². The summed E-state index contributed by atoms with van der Waals surface area (Å²) in [6.07, 6.45) is 6.15. The van der Waals surface area contributed by atoms with Crippen molar-refractivity contribution in [1.29, 1.82) is 0 Å².